The summed E-state index contributed by atoms with van der Waals surface area (Å²) in [6, 6.07) is 9.24. The van der Waals surface area contributed by atoms with Gasteiger partial charge < -0.3 is 10.6 Å². The number of carbonyl (C=O) groups is 2. The monoisotopic (exact) mass is 465 g/mol. The standard InChI is InChI=1S/C23H27N7O2S/c1-14(2)21(32)25-19-9-8-18(27-28-19)12-15-6-7-16(11-15)22-29-30-23(33-22)26-20(31)13-17-5-3-4-10-24-17/h3-5,8-10,14-16H,6-7,11-13H2,1-2H3,(H,25,28,32)(H,26,30,31)/t15-,16+/m1/s1. The highest BCUT2D eigenvalue weighted by Gasteiger charge is 2.29. The van der Waals surface area contributed by atoms with Gasteiger partial charge in [0, 0.05) is 23.7 Å². The quantitative estimate of drug-likeness (QED) is 0.521. The van der Waals surface area contributed by atoms with Gasteiger partial charge in [-0.1, -0.05) is 31.3 Å². The zero-order valence-corrected chi connectivity index (χ0v) is 19.5. The first-order valence-corrected chi connectivity index (χ1v) is 11.9. The molecule has 3 heterocycles. The molecule has 3 aromatic rings. The molecule has 0 bridgehead atoms. The molecule has 2 atom stereocenters. The summed E-state index contributed by atoms with van der Waals surface area (Å²) in [4.78, 5) is 28.2. The van der Waals surface area contributed by atoms with E-state index in [9.17, 15) is 9.59 Å². The van der Waals surface area contributed by atoms with Gasteiger partial charge in [-0.2, -0.15) is 5.10 Å². The fourth-order valence-corrected chi connectivity index (χ4v) is 4.77. The Morgan fingerprint density at radius 3 is 2.64 bits per heavy atom. The Bertz CT molecular complexity index is 1090. The topological polar surface area (TPSA) is 123 Å². The summed E-state index contributed by atoms with van der Waals surface area (Å²) >= 11 is 1.44. The van der Waals surface area contributed by atoms with Crippen LogP contribution in [0.3, 0.4) is 0 Å². The first kappa shape index (κ1) is 22.9. The van der Waals surface area contributed by atoms with Gasteiger partial charge in [-0.05, 0) is 55.9 Å². The molecule has 0 spiro atoms. The van der Waals surface area contributed by atoms with E-state index in [1.165, 1.54) is 11.3 Å². The fourth-order valence-electron chi connectivity index (χ4n) is 3.87. The molecule has 0 aromatic carbocycles. The van der Waals surface area contributed by atoms with Gasteiger partial charge in [-0.15, -0.1) is 15.3 Å². The number of aromatic nitrogens is 5. The molecule has 1 fully saturated rings. The van der Waals surface area contributed by atoms with Gasteiger partial charge in [0.2, 0.25) is 16.9 Å². The number of rotatable bonds is 8. The van der Waals surface area contributed by atoms with Gasteiger partial charge in [-0.25, -0.2) is 0 Å². The van der Waals surface area contributed by atoms with Crippen molar-refractivity contribution in [3.8, 4) is 0 Å². The molecule has 33 heavy (non-hydrogen) atoms. The van der Waals surface area contributed by atoms with Gasteiger partial charge >= 0.3 is 0 Å². The largest absolute Gasteiger partial charge is 0.309 e. The maximum atomic E-state index is 12.2. The Kier molecular flexibility index (Phi) is 7.33. The highest BCUT2D eigenvalue weighted by atomic mass is 32.1. The van der Waals surface area contributed by atoms with Crippen LogP contribution in [0.1, 0.15) is 55.4 Å². The molecule has 2 amide bonds. The summed E-state index contributed by atoms with van der Waals surface area (Å²) in [7, 11) is 0. The van der Waals surface area contributed by atoms with Gasteiger partial charge in [-0.3, -0.25) is 14.6 Å². The number of hydrogen-bond donors (Lipinski definition) is 2. The van der Waals surface area contributed by atoms with E-state index < -0.39 is 0 Å². The molecule has 1 aliphatic carbocycles. The van der Waals surface area contributed by atoms with Crippen molar-refractivity contribution in [1.82, 2.24) is 25.4 Å². The highest BCUT2D eigenvalue weighted by Crippen LogP contribution is 2.41. The lowest BCUT2D eigenvalue weighted by Gasteiger charge is -2.10. The Morgan fingerprint density at radius 2 is 1.91 bits per heavy atom. The predicted octanol–water partition coefficient (Wildman–Crippen LogP) is 3.63. The second-order valence-corrected chi connectivity index (χ2v) is 9.63. The van der Waals surface area contributed by atoms with Crippen LogP contribution in [-0.2, 0) is 22.4 Å². The van der Waals surface area contributed by atoms with Crippen molar-refractivity contribution in [2.45, 2.75) is 51.9 Å². The van der Waals surface area contributed by atoms with E-state index in [0.29, 0.717) is 22.8 Å². The van der Waals surface area contributed by atoms with Crippen LogP contribution in [0.2, 0.25) is 0 Å². The van der Waals surface area contributed by atoms with Gasteiger partial charge in [0.15, 0.2) is 5.82 Å². The van der Waals surface area contributed by atoms with E-state index in [-0.39, 0.29) is 24.2 Å². The maximum absolute atomic E-state index is 12.2. The summed E-state index contributed by atoms with van der Waals surface area (Å²) in [6.07, 6.45) is 5.85. The summed E-state index contributed by atoms with van der Waals surface area (Å²) in [5.41, 5.74) is 1.64. The van der Waals surface area contributed by atoms with E-state index >= 15 is 0 Å². The molecule has 2 N–H and O–H groups in total. The van der Waals surface area contributed by atoms with E-state index in [2.05, 4.69) is 36.0 Å². The van der Waals surface area contributed by atoms with Gasteiger partial charge in [0.05, 0.1) is 12.1 Å². The second-order valence-electron chi connectivity index (χ2n) is 8.63. The van der Waals surface area contributed by atoms with Gasteiger partial charge in [0.1, 0.15) is 5.01 Å². The number of amides is 2. The van der Waals surface area contributed by atoms with Crippen LogP contribution in [0.25, 0.3) is 0 Å². The highest BCUT2D eigenvalue weighted by molar-refractivity contribution is 7.15. The van der Waals surface area contributed by atoms with E-state index in [0.717, 1.165) is 42.1 Å². The minimum absolute atomic E-state index is 0.0694. The van der Waals surface area contributed by atoms with E-state index in [1.807, 2.05) is 38.1 Å². The third-order valence-corrected chi connectivity index (χ3v) is 6.64. The van der Waals surface area contributed by atoms with Crippen LogP contribution >= 0.6 is 11.3 Å². The normalized spacial score (nSPS) is 17.8. The molecule has 9 nitrogen and oxygen atoms in total. The van der Waals surface area contributed by atoms with Crippen LogP contribution in [0.5, 0.6) is 0 Å². The molecule has 3 aromatic heterocycles. The van der Waals surface area contributed by atoms with Crippen LogP contribution in [0.15, 0.2) is 36.5 Å². The van der Waals surface area contributed by atoms with Crippen LogP contribution in [-0.4, -0.2) is 37.2 Å². The van der Waals surface area contributed by atoms with Crippen molar-refractivity contribution in [3.05, 3.63) is 52.9 Å². The summed E-state index contributed by atoms with van der Waals surface area (Å²) in [5.74, 6) is 0.996. The lowest BCUT2D eigenvalue weighted by Crippen LogP contribution is -2.19. The van der Waals surface area contributed by atoms with Crippen LogP contribution in [0.4, 0.5) is 10.9 Å². The third-order valence-electron chi connectivity index (χ3n) is 5.64. The number of nitrogens with zero attached hydrogens (tertiary/aromatic N) is 5. The zero-order valence-electron chi connectivity index (χ0n) is 18.7. The number of anilines is 2. The van der Waals surface area contributed by atoms with Crippen molar-refractivity contribution < 1.29 is 9.59 Å². The summed E-state index contributed by atoms with van der Waals surface area (Å²) < 4.78 is 0. The van der Waals surface area contributed by atoms with E-state index in [1.54, 1.807) is 12.3 Å². The predicted molar refractivity (Wildman–Crippen MR) is 126 cm³/mol. The van der Waals surface area contributed by atoms with Crippen molar-refractivity contribution in [3.63, 3.8) is 0 Å². The first-order chi connectivity index (χ1) is 16.0. The number of carbonyl (C=O) groups excluding carboxylic acids is 2. The molecular formula is C23H27N7O2S. The number of nitrogens with one attached hydrogen (secondary N) is 2. The average molecular weight is 466 g/mol. The minimum Gasteiger partial charge on any atom is -0.309 e. The van der Waals surface area contributed by atoms with Gasteiger partial charge in [0.25, 0.3) is 0 Å². The Morgan fingerprint density at radius 1 is 1.03 bits per heavy atom. The molecule has 0 radical (unpaired) electrons. The van der Waals surface area contributed by atoms with E-state index in [4.69, 9.17) is 0 Å². The van der Waals surface area contributed by atoms with Crippen molar-refractivity contribution in [2.75, 3.05) is 10.6 Å². The smallest absolute Gasteiger partial charge is 0.232 e. The Labute approximate surface area is 196 Å². The van der Waals surface area contributed by atoms with Crippen molar-refractivity contribution >= 4 is 34.1 Å². The average Bonchev–Trinajstić information content (AvgIpc) is 3.45. The lowest BCUT2D eigenvalue weighted by atomic mass is 10.00. The molecule has 0 unspecified atom stereocenters. The molecule has 0 saturated heterocycles. The van der Waals surface area contributed by atoms with Crippen molar-refractivity contribution in [1.29, 1.82) is 0 Å². The molecule has 10 heteroatoms. The molecule has 1 saturated carbocycles. The molecule has 0 aliphatic heterocycles. The third kappa shape index (κ3) is 6.38. The maximum Gasteiger partial charge on any atom is 0.232 e. The zero-order chi connectivity index (χ0) is 23.2. The number of hydrogen-bond acceptors (Lipinski definition) is 8. The summed E-state index contributed by atoms with van der Waals surface area (Å²) in [6.45, 7) is 3.68. The Hall–Kier alpha value is -3.27. The first-order valence-electron chi connectivity index (χ1n) is 11.1. The second kappa shape index (κ2) is 10.6. The Balaban J connectivity index is 1.26. The lowest BCUT2D eigenvalue weighted by molar-refractivity contribution is -0.119. The molecule has 1 aliphatic rings. The van der Waals surface area contributed by atoms with Crippen LogP contribution < -0.4 is 10.6 Å². The minimum atomic E-state index is -0.146. The van der Waals surface area contributed by atoms with Crippen LogP contribution in [0, 0.1) is 11.8 Å². The number of pyridine rings is 1. The molecule has 4 rings (SSSR count). The fraction of sp³-hybridized carbons (Fsp3) is 0.435. The SMILES string of the molecule is CC(C)C(=O)Nc1ccc(C[C@@H]2CC[C@H](c3nnc(NC(=O)Cc4ccccn4)s3)C2)nn1. The summed E-state index contributed by atoms with van der Waals surface area (Å²) in [5, 5.41) is 24.0. The van der Waals surface area contributed by atoms with Crippen molar-refractivity contribution in [2.24, 2.45) is 11.8 Å². The molecule has 172 valence electrons. The molecular weight excluding hydrogens is 438 g/mol.